The SMILES string of the molecule is Nc1cncc(NCc2ccc(Cl)cc2)n1. The number of nitrogens with two attached hydrogens (primary N) is 1. The minimum Gasteiger partial charge on any atom is -0.382 e. The first-order chi connectivity index (χ1) is 7.74. The third-order valence-corrected chi connectivity index (χ3v) is 2.29. The molecule has 0 saturated carbocycles. The number of anilines is 2. The van der Waals surface area contributed by atoms with E-state index in [2.05, 4.69) is 15.3 Å². The second-order valence-corrected chi connectivity index (χ2v) is 3.75. The summed E-state index contributed by atoms with van der Waals surface area (Å²) in [7, 11) is 0. The van der Waals surface area contributed by atoms with Gasteiger partial charge < -0.3 is 11.1 Å². The fraction of sp³-hybridized carbons (Fsp3) is 0.0909. The molecular formula is C11H11ClN4. The molecule has 16 heavy (non-hydrogen) atoms. The van der Waals surface area contributed by atoms with Crippen LogP contribution in [0.4, 0.5) is 11.6 Å². The molecule has 3 N–H and O–H groups in total. The smallest absolute Gasteiger partial charge is 0.147 e. The Morgan fingerprint density at radius 1 is 1.19 bits per heavy atom. The Balaban J connectivity index is 1.99. The molecule has 0 unspecified atom stereocenters. The van der Waals surface area contributed by atoms with Crippen LogP contribution < -0.4 is 11.1 Å². The molecule has 2 rings (SSSR count). The van der Waals surface area contributed by atoms with Crippen LogP contribution in [0.3, 0.4) is 0 Å². The van der Waals surface area contributed by atoms with E-state index in [4.69, 9.17) is 17.3 Å². The van der Waals surface area contributed by atoms with Gasteiger partial charge in [-0.05, 0) is 17.7 Å². The third kappa shape index (κ3) is 2.84. The first-order valence-electron chi connectivity index (χ1n) is 4.80. The molecule has 2 aromatic rings. The monoisotopic (exact) mass is 234 g/mol. The summed E-state index contributed by atoms with van der Waals surface area (Å²) in [6.07, 6.45) is 3.14. The van der Waals surface area contributed by atoms with Gasteiger partial charge in [0.05, 0.1) is 12.4 Å². The molecule has 1 aromatic heterocycles. The first-order valence-corrected chi connectivity index (χ1v) is 5.18. The van der Waals surface area contributed by atoms with E-state index < -0.39 is 0 Å². The summed E-state index contributed by atoms with van der Waals surface area (Å²) in [5.74, 6) is 1.07. The van der Waals surface area contributed by atoms with Crippen molar-refractivity contribution in [1.29, 1.82) is 0 Å². The van der Waals surface area contributed by atoms with E-state index >= 15 is 0 Å². The van der Waals surface area contributed by atoms with Crippen LogP contribution in [0.5, 0.6) is 0 Å². The average molecular weight is 235 g/mol. The van der Waals surface area contributed by atoms with Gasteiger partial charge in [0.15, 0.2) is 0 Å². The third-order valence-electron chi connectivity index (χ3n) is 2.04. The zero-order valence-corrected chi connectivity index (χ0v) is 9.28. The summed E-state index contributed by atoms with van der Waals surface area (Å²) in [4.78, 5) is 8.02. The summed E-state index contributed by atoms with van der Waals surface area (Å²) in [6.45, 7) is 0.662. The summed E-state index contributed by atoms with van der Waals surface area (Å²) < 4.78 is 0. The molecule has 1 heterocycles. The average Bonchev–Trinajstić information content (AvgIpc) is 2.28. The van der Waals surface area contributed by atoms with Gasteiger partial charge in [-0.15, -0.1) is 0 Å². The van der Waals surface area contributed by atoms with Gasteiger partial charge in [0.25, 0.3) is 0 Å². The van der Waals surface area contributed by atoms with E-state index in [0.29, 0.717) is 18.2 Å². The Kier molecular flexibility index (Phi) is 3.22. The molecule has 0 aliphatic carbocycles. The lowest BCUT2D eigenvalue weighted by molar-refractivity contribution is 1.09. The maximum absolute atomic E-state index is 5.79. The van der Waals surface area contributed by atoms with E-state index in [0.717, 1.165) is 10.6 Å². The lowest BCUT2D eigenvalue weighted by Gasteiger charge is -2.05. The normalized spacial score (nSPS) is 10.1. The molecule has 0 amide bonds. The Hall–Kier alpha value is -1.81. The van der Waals surface area contributed by atoms with Crippen LogP contribution in [0.2, 0.25) is 5.02 Å². The Morgan fingerprint density at radius 2 is 1.94 bits per heavy atom. The second-order valence-electron chi connectivity index (χ2n) is 3.31. The van der Waals surface area contributed by atoms with Crippen molar-refractivity contribution in [2.75, 3.05) is 11.1 Å². The minimum atomic E-state index is 0.404. The molecule has 0 aliphatic rings. The van der Waals surface area contributed by atoms with Crippen LogP contribution in [0.25, 0.3) is 0 Å². The van der Waals surface area contributed by atoms with Gasteiger partial charge in [-0.25, -0.2) is 4.98 Å². The van der Waals surface area contributed by atoms with E-state index in [1.165, 1.54) is 6.20 Å². The molecular weight excluding hydrogens is 224 g/mol. The molecule has 0 spiro atoms. The highest BCUT2D eigenvalue weighted by atomic mass is 35.5. The molecule has 0 fully saturated rings. The predicted octanol–water partition coefficient (Wildman–Crippen LogP) is 2.32. The van der Waals surface area contributed by atoms with Crippen LogP contribution in [0.1, 0.15) is 5.56 Å². The van der Waals surface area contributed by atoms with Gasteiger partial charge in [0.1, 0.15) is 11.6 Å². The number of nitrogens with one attached hydrogen (secondary N) is 1. The van der Waals surface area contributed by atoms with E-state index in [-0.39, 0.29) is 0 Å². The predicted molar refractivity (Wildman–Crippen MR) is 65.2 cm³/mol. The number of rotatable bonds is 3. The largest absolute Gasteiger partial charge is 0.382 e. The number of benzene rings is 1. The maximum Gasteiger partial charge on any atom is 0.147 e. The van der Waals surface area contributed by atoms with Gasteiger partial charge >= 0.3 is 0 Å². The highest BCUT2D eigenvalue weighted by Crippen LogP contribution is 2.11. The lowest BCUT2D eigenvalue weighted by Crippen LogP contribution is -2.03. The Bertz CT molecular complexity index is 470. The van der Waals surface area contributed by atoms with Crippen molar-refractivity contribution in [3.05, 3.63) is 47.2 Å². The van der Waals surface area contributed by atoms with Gasteiger partial charge in [-0.3, -0.25) is 4.98 Å². The van der Waals surface area contributed by atoms with Gasteiger partial charge in [0.2, 0.25) is 0 Å². The van der Waals surface area contributed by atoms with Crippen LogP contribution in [-0.4, -0.2) is 9.97 Å². The molecule has 82 valence electrons. The highest BCUT2D eigenvalue weighted by molar-refractivity contribution is 6.30. The van der Waals surface area contributed by atoms with Gasteiger partial charge in [0, 0.05) is 11.6 Å². The zero-order chi connectivity index (χ0) is 11.4. The summed E-state index contributed by atoms with van der Waals surface area (Å²) in [5.41, 5.74) is 6.64. The van der Waals surface area contributed by atoms with Gasteiger partial charge in [-0.1, -0.05) is 23.7 Å². The fourth-order valence-electron chi connectivity index (χ4n) is 1.26. The molecule has 0 aliphatic heterocycles. The molecule has 4 nitrogen and oxygen atoms in total. The molecule has 0 atom stereocenters. The topological polar surface area (TPSA) is 63.8 Å². The van der Waals surface area contributed by atoms with Crippen molar-refractivity contribution in [3.63, 3.8) is 0 Å². The number of hydrogen-bond acceptors (Lipinski definition) is 4. The van der Waals surface area contributed by atoms with Crippen molar-refractivity contribution >= 4 is 23.2 Å². The summed E-state index contributed by atoms with van der Waals surface area (Å²) >= 11 is 5.79. The number of halogens is 1. The van der Waals surface area contributed by atoms with Crippen LogP contribution in [0, 0.1) is 0 Å². The summed E-state index contributed by atoms with van der Waals surface area (Å²) in [5, 5.41) is 3.85. The first kappa shape index (κ1) is 10.7. The number of nitrogens with zero attached hydrogens (tertiary/aromatic N) is 2. The van der Waals surface area contributed by atoms with Crippen LogP contribution in [0.15, 0.2) is 36.7 Å². The molecule has 5 heteroatoms. The Labute approximate surface area is 98.5 Å². The number of aromatic nitrogens is 2. The standard InChI is InChI=1S/C11H11ClN4/c12-9-3-1-8(2-4-9)5-15-11-7-14-6-10(13)16-11/h1-4,6-7H,5H2,(H3,13,15,16). The van der Waals surface area contributed by atoms with Crippen molar-refractivity contribution in [2.45, 2.75) is 6.54 Å². The number of nitrogen functional groups attached to an aromatic ring is 1. The Morgan fingerprint density at radius 3 is 2.62 bits per heavy atom. The van der Waals surface area contributed by atoms with Crippen molar-refractivity contribution in [3.8, 4) is 0 Å². The van der Waals surface area contributed by atoms with E-state index in [1.54, 1.807) is 6.20 Å². The van der Waals surface area contributed by atoms with E-state index in [1.807, 2.05) is 24.3 Å². The second kappa shape index (κ2) is 4.81. The van der Waals surface area contributed by atoms with Crippen LogP contribution in [-0.2, 0) is 6.54 Å². The molecule has 0 bridgehead atoms. The van der Waals surface area contributed by atoms with Crippen molar-refractivity contribution < 1.29 is 0 Å². The lowest BCUT2D eigenvalue weighted by atomic mass is 10.2. The van der Waals surface area contributed by atoms with Gasteiger partial charge in [-0.2, -0.15) is 0 Å². The maximum atomic E-state index is 5.79. The molecule has 1 aromatic carbocycles. The van der Waals surface area contributed by atoms with Crippen molar-refractivity contribution in [2.24, 2.45) is 0 Å². The minimum absolute atomic E-state index is 0.404. The summed E-state index contributed by atoms with van der Waals surface area (Å²) in [6, 6.07) is 7.61. The number of hydrogen-bond donors (Lipinski definition) is 2. The molecule has 0 radical (unpaired) electrons. The molecule has 0 saturated heterocycles. The highest BCUT2D eigenvalue weighted by Gasteiger charge is 1.96. The quantitative estimate of drug-likeness (QED) is 0.856. The van der Waals surface area contributed by atoms with Crippen molar-refractivity contribution in [1.82, 2.24) is 9.97 Å². The van der Waals surface area contributed by atoms with Crippen LogP contribution >= 0.6 is 11.6 Å². The zero-order valence-electron chi connectivity index (χ0n) is 8.52. The van der Waals surface area contributed by atoms with E-state index in [9.17, 15) is 0 Å². The fourth-order valence-corrected chi connectivity index (χ4v) is 1.39.